The molecule has 1 heterocycles. The second-order valence-electron chi connectivity index (χ2n) is 7.05. The number of methoxy groups -OCH3 is 1. The van der Waals surface area contributed by atoms with Crippen LogP contribution in [0.3, 0.4) is 0 Å². The Labute approximate surface area is 170 Å². The summed E-state index contributed by atoms with van der Waals surface area (Å²) in [5.41, 5.74) is 4.18. The van der Waals surface area contributed by atoms with Gasteiger partial charge in [-0.2, -0.15) is 0 Å². The molecule has 3 rings (SSSR count). The smallest absolute Gasteiger partial charge is 0.195 e. The van der Waals surface area contributed by atoms with Crippen molar-refractivity contribution < 1.29 is 9.53 Å². The molecule has 7 heteroatoms. The van der Waals surface area contributed by atoms with Gasteiger partial charge in [0.2, 0.25) is 0 Å². The third kappa shape index (κ3) is 5.39. The van der Waals surface area contributed by atoms with Gasteiger partial charge >= 0.3 is 0 Å². The van der Waals surface area contributed by atoms with Gasteiger partial charge in [-0.15, -0.1) is 11.3 Å². The fourth-order valence-corrected chi connectivity index (χ4v) is 4.43. The van der Waals surface area contributed by atoms with Crippen LogP contribution in [0.5, 0.6) is 0 Å². The number of hydrogen-bond donors (Lipinski definition) is 2. The third-order valence-electron chi connectivity index (χ3n) is 5.24. The molecule has 1 atom stereocenters. The molecule has 1 unspecified atom stereocenters. The predicted octanol–water partition coefficient (Wildman–Crippen LogP) is 3.60. The summed E-state index contributed by atoms with van der Waals surface area (Å²) in [5.74, 6) is 1.15. The van der Waals surface area contributed by atoms with Crippen molar-refractivity contribution >= 4 is 39.9 Å². The molecule has 0 radical (unpaired) electrons. The maximum atomic E-state index is 11.6. The monoisotopic (exact) mass is 400 g/mol. The van der Waals surface area contributed by atoms with E-state index in [9.17, 15) is 4.79 Å². The van der Waals surface area contributed by atoms with E-state index in [-0.39, 0.29) is 6.10 Å². The van der Waals surface area contributed by atoms with Crippen LogP contribution in [-0.2, 0) is 9.53 Å². The molecule has 6 nitrogen and oxygen atoms in total. The zero-order valence-electron chi connectivity index (χ0n) is 16.5. The number of guanidine groups is 1. The number of rotatable bonds is 7. The largest absolute Gasteiger partial charge is 0.379 e. The number of carbonyl (C=O) groups excluding carboxylic acids is 1. The number of hydrogen-bond acceptors (Lipinski definition) is 5. The van der Waals surface area contributed by atoms with Gasteiger partial charge in [0.1, 0.15) is 0 Å². The van der Waals surface area contributed by atoms with Crippen molar-refractivity contribution in [3.05, 3.63) is 35.0 Å². The number of aldehydes is 1. The molecule has 1 aliphatic rings. The summed E-state index contributed by atoms with van der Waals surface area (Å²) < 4.78 is 6.81. The van der Waals surface area contributed by atoms with Gasteiger partial charge in [-0.1, -0.05) is 25.3 Å². The number of aliphatic imine (C=N–C) groups is 1. The van der Waals surface area contributed by atoms with Gasteiger partial charge in [0.25, 0.3) is 0 Å². The zero-order chi connectivity index (χ0) is 19.8. The third-order valence-corrected chi connectivity index (χ3v) is 6.03. The van der Waals surface area contributed by atoms with E-state index >= 15 is 0 Å². The van der Waals surface area contributed by atoms with Gasteiger partial charge in [-0.25, -0.2) is 4.98 Å². The van der Waals surface area contributed by atoms with E-state index in [4.69, 9.17) is 4.74 Å². The Morgan fingerprint density at radius 1 is 1.39 bits per heavy atom. The quantitative estimate of drug-likeness (QED) is 0.321. The van der Waals surface area contributed by atoms with Crippen molar-refractivity contribution in [1.29, 1.82) is 0 Å². The average molecular weight is 401 g/mol. The molecule has 0 bridgehead atoms. The number of ether oxygens (including phenoxy) is 1. The summed E-state index contributed by atoms with van der Waals surface area (Å²) in [6, 6.07) is 5.94. The lowest BCUT2D eigenvalue weighted by molar-refractivity contribution is -0.105. The highest BCUT2D eigenvalue weighted by molar-refractivity contribution is 7.16. The van der Waals surface area contributed by atoms with Gasteiger partial charge in [0, 0.05) is 20.7 Å². The van der Waals surface area contributed by atoms with Crippen molar-refractivity contribution in [3.63, 3.8) is 0 Å². The number of benzene rings is 1. The van der Waals surface area contributed by atoms with E-state index in [1.165, 1.54) is 32.1 Å². The first-order chi connectivity index (χ1) is 13.7. The maximum absolute atomic E-state index is 11.6. The normalized spacial score (nSPS) is 17.5. The summed E-state index contributed by atoms with van der Waals surface area (Å²) in [7, 11) is 3.47. The number of aromatic nitrogens is 1. The van der Waals surface area contributed by atoms with Crippen molar-refractivity contribution in [2.75, 3.05) is 20.7 Å². The van der Waals surface area contributed by atoms with E-state index in [1.54, 1.807) is 25.5 Å². The van der Waals surface area contributed by atoms with Gasteiger partial charge in [0.05, 0.1) is 27.5 Å². The number of thiazole rings is 1. The van der Waals surface area contributed by atoms with Crippen LogP contribution in [-0.4, -0.2) is 44.0 Å². The van der Waals surface area contributed by atoms with E-state index in [0.29, 0.717) is 24.1 Å². The summed E-state index contributed by atoms with van der Waals surface area (Å²) >= 11 is 1.58. The van der Waals surface area contributed by atoms with Crippen LogP contribution in [0.15, 0.2) is 34.4 Å². The SMILES string of the molecule is CN=C(NCC(OC)C1CCCCC1)N/C(C=O)=C\c1ccc2ncsc2c1. The number of nitrogens with zero attached hydrogens (tertiary/aromatic N) is 2. The summed E-state index contributed by atoms with van der Waals surface area (Å²) in [6.45, 7) is 0.666. The number of nitrogens with one attached hydrogen (secondary N) is 2. The molecule has 1 saturated carbocycles. The highest BCUT2D eigenvalue weighted by atomic mass is 32.1. The molecule has 1 aromatic heterocycles. The highest BCUT2D eigenvalue weighted by Crippen LogP contribution is 2.27. The molecule has 1 aromatic carbocycles. The predicted molar refractivity (Wildman–Crippen MR) is 116 cm³/mol. The number of fused-ring (bicyclic) bond motifs is 1. The molecule has 0 saturated heterocycles. The number of allylic oxidation sites excluding steroid dienone is 1. The molecule has 0 amide bonds. The minimum Gasteiger partial charge on any atom is -0.379 e. The Kier molecular flexibility index (Phi) is 7.56. The van der Waals surface area contributed by atoms with Crippen LogP contribution in [0, 0.1) is 5.92 Å². The van der Waals surface area contributed by atoms with E-state index in [0.717, 1.165) is 22.1 Å². The van der Waals surface area contributed by atoms with Gasteiger partial charge in [-0.05, 0) is 42.5 Å². The van der Waals surface area contributed by atoms with Crippen LogP contribution < -0.4 is 10.6 Å². The van der Waals surface area contributed by atoms with Crippen LogP contribution >= 0.6 is 11.3 Å². The van der Waals surface area contributed by atoms with Gasteiger partial charge in [0.15, 0.2) is 12.2 Å². The fraction of sp³-hybridized carbons (Fsp3) is 0.476. The van der Waals surface area contributed by atoms with Crippen molar-refractivity contribution in [2.45, 2.75) is 38.2 Å². The van der Waals surface area contributed by atoms with Gasteiger partial charge < -0.3 is 15.4 Å². The molecule has 0 spiro atoms. The Morgan fingerprint density at radius 3 is 2.93 bits per heavy atom. The lowest BCUT2D eigenvalue weighted by Crippen LogP contribution is -2.43. The van der Waals surface area contributed by atoms with Crippen LogP contribution in [0.1, 0.15) is 37.7 Å². The summed E-state index contributed by atoms with van der Waals surface area (Å²) in [5, 5.41) is 6.39. The van der Waals surface area contributed by atoms with E-state index < -0.39 is 0 Å². The Bertz CT molecular complexity index is 840. The Morgan fingerprint density at radius 2 is 2.21 bits per heavy atom. The maximum Gasteiger partial charge on any atom is 0.195 e. The number of carbonyl (C=O) groups is 1. The highest BCUT2D eigenvalue weighted by Gasteiger charge is 2.23. The molecular weight excluding hydrogens is 372 g/mol. The molecule has 1 aliphatic carbocycles. The minimum atomic E-state index is 0.149. The van der Waals surface area contributed by atoms with Gasteiger partial charge in [-0.3, -0.25) is 9.79 Å². The molecule has 28 heavy (non-hydrogen) atoms. The summed E-state index contributed by atoms with van der Waals surface area (Å²) in [6.07, 6.45) is 9.07. The first-order valence-corrected chi connectivity index (χ1v) is 10.6. The fourth-order valence-electron chi connectivity index (χ4n) is 3.70. The lowest BCUT2D eigenvalue weighted by atomic mass is 9.85. The molecule has 0 aliphatic heterocycles. The topological polar surface area (TPSA) is 75.6 Å². The Balaban J connectivity index is 1.62. The molecule has 2 aromatic rings. The van der Waals surface area contributed by atoms with Crippen LogP contribution in [0.4, 0.5) is 0 Å². The van der Waals surface area contributed by atoms with Crippen molar-refractivity contribution in [2.24, 2.45) is 10.9 Å². The second-order valence-corrected chi connectivity index (χ2v) is 7.93. The molecule has 150 valence electrons. The average Bonchev–Trinajstić information content (AvgIpc) is 3.21. The zero-order valence-corrected chi connectivity index (χ0v) is 17.3. The van der Waals surface area contributed by atoms with Crippen molar-refractivity contribution in [1.82, 2.24) is 15.6 Å². The Hall–Kier alpha value is -2.25. The first-order valence-electron chi connectivity index (χ1n) is 9.74. The second kappa shape index (κ2) is 10.3. The van der Waals surface area contributed by atoms with Crippen molar-refractivity contribution in [3.8, 4) is 0 Å². The standard InChI is InChI=1S/C21H28N4O2S/c1-22-21(23-12-19(27-2)16-6-4-3-5-7-16)25-17(13-26)10-15-8-9-18-20(11-15)28-14-24-18/h8-11,13-14,16,19H,3-7,12H2,1-2H3,(H2,22,23,25)/b17-10-. The van der Waals surface area contributed by atoms with Crippen LogP contribution in [0.25, 0.3) is 16.3 Å². The molecule has 1 fully saturated rings. The lowest BCUT2D eigenvalue weighted by Gasteiger charge is -2.29. The summed E-state index contributed by atoms with van der Waals surface area (Å²) in [4.78, 5) is 20.1. The van der Waals surface area contributed by atoms with Crippen LogP contribution in [0.2, 0.25) is 0 Å². The molecule has 2 N–H and O–H groups in total. The minimum absolute atomic E-state index is 0.149. The first kappa shape index (κ1) is 20.5. The van der Waals surface area contributed by atoms with E-state index in [2.05, 4.69) is 20.6 Å². The molecular formula is C21H28N4O2S. The van der Waals surface area contributed by atoms with E-state index in [1.807, 2.05) is 29.8 Å².